The zero-order chi connectivity index (χ0) is 23.9. The third-order valence-corrected chi connectivity index (χ3v) is 4.94. The van der Waals surface area contributed by atoms with Crippen LogP contribution in [0.4, 0.5) is 28.4 Å². The number of nitro benzene ring substituents is 1. The fourth-order valence-electron chi connectivity index (χ4n) is 3.27. The van der Waals surface area contributed by atoms with Crippen LogP contribution >= 0.6 is 0 Å². The lowest BCUT2D eigenvalue weighted by Gasteiger charge is -2.12. The number of amides is 2. The van der Waals surface area contributed by atoms with Crippen LogP contribution in [0.3, 0.4) is 0 Å². The maximum absolute atomic E-state index is 12.9. The number of rotatable bonds is 7. The molecule has 0 aromatic heterocycles. The predicted octanol–water partition coefficient (Wildman–Crippen LogP) is 5.84. The highest BCUT2D eigenvalue weighted by Crippen LogP contribution is 2.22. The van der Waals surface area contributed by atoms with Crippen molar-refractivity contribution in [3.63, 3.8) is 0 Å². The van der Waals surface area contributed by atoms with Crippen LogP contribution in [0.25, 0.3) is 0 Å². The molecule has 168 valence electrons. The molecule has 0 aliphatic carbocycles. The van der Waals surface area contributed by atoms with E-state index in [-0.39, 0.29) is 16.8 Å². The number of benzene rings is 4. The van der Waals surface area contributed by atoms with Gasteiger partial charge in [-0.1, -0.05) is 36.4 Å². The molecule has 0 spiro atoms. The van der Waals surface area contributed by atoms with Crippen molar-refractivity contribution in [3.05, 3.63) is 124 Å². The van der Waals surface area contributed by atoms with Gasteiger partial charge >= 0.3 is 0 Å². The minimum absolute atomic E-state index is 0.117. The van der Waals surface area contributed by atoms with E-state index in [1.165, 1.54) is 24.3 Å². The smallest absolute Gasteiger partial charge is 0.270 e. The monoisotopic (exact) mass is 452 g/mol. The van der Waals surface area contributed by atoms with E-state index in [2.05, 4.69) is 16.0 Å². The molecule has 0 atom stereocenters. The first-order valence-electron chi connectivity index (χ1n) is 10.4. The number of non-ortho nitro benzene ring substituents is 1. The van der Waals surface area contributed by atoms with Gasteiger partial charge in [-0.25, -0.2) is 0 Å². The van der Waals surface area contributed by atoms with Gasteiger partial charge in [0.25, 0.3) is 17.5 Å². The molecule has 0 aliphatic heterocycles. The summed E-state index contributed by atoms with van der Waals surface area (Å²) >= 11 is 0. The second kappa shape index (κ2) is 10.1. The Morgan fingerprint density at radius 2 is 1.29 bits per heavy atom. The summed E-state index contributed by atoms with van der Waals surface area (Å²) in [4.78, 5) is 36.0. The van der Waals surface area contributed by atoms with Crippen molar-refractivity contribution in [3.8, 4) is 0 Å². The topological polar surface area (TPSA) is 113 Å². The van der Waals surface area contributed by atoms with E-state index in [0.717, 1.165) is 11.4 Å². The fourth-order valence-corrected chi connectivity index (χ4v) is 3.27. The molecule has 34 heavy (non-hydrogen) atoms. The van der Waals surface area contributed by atoms with Crippen LogP contribution in [-0.4, -0.2) is 16.7 Å². The maximum Gasteiger partial charge on any atom is 0.270 e. The van der Waals surface area contributed by atoms with Gasteiger partial charge in [0.05, 0.1) is 16.2 Å². The molecule has 0 aliphatic rings. The molecular weight excluding hydrogens is 432 g/mol. The standard InChI is InChI=1S/C26H20N4O4/c31-25(18-7-6-10-22(17-18)30(33)34)29-24-12-5-4-11-23(24)26(32)28-21-15-13-20(14-16-21)27-19-8-2-1-3-9-19/h1-17,27H,(H,28,32)(H,29,31). The second-order valence-electron chi connectivity index (χ2n) is 7.33. The Kier molecular flexibility index (Phi) is 6.60. The van der Waals surface area contributed by atoms with Crippen LogP contribution in [0.2, 0.25) is 0 Å². The van der Waals surface area contributed by atoms with E-state index < -0.39 is 16.7 Å². The Bertz CT molecular complexity index is 1340. The maximum atomic E-state index is 12.9. The molecule has 8 nitrogen and oxygen atoms in total. The van der Waals surface area contributed by atoms with E-state index in [1.54, 1.807) is 36.4 Å². The average molecular weight is 452 g/mol. The third kappa shape index (κ3) is 5.43. The molecule has 0 fully saturated rings. The first-order valence-corrected chi connectivity index (χ1v) is 10.4. The first-order chi connectivity index (χ1) is 16.5. The number of anilines is 4. The van der Waals surface area contributed by atoms with Crippen molar-refractivity contribution < 1.29 is 14.5 Å². The van der Waals surface area contributed by atoms with Gasteiger partial charge in [-0.2, -0.15) is 0 Å². The number of carbonyl (C=O) groups is 2. The van der Waals surface area contributed by atoms with E-state index >= 15 is 0 Å². The Balaban J connectivity index is 1.46. The van der Waals surface area contributed by atoms with Gasteiger partial charge in [-0.15, -0.1) is 0 Å². The highest BCUT2D eigenvalue weighted by molar-refractivity contribution is 6.12. The number of nitrogens with zero attached hydrogens (tertiary/aromatic N) is 1. The van der Waals surface area contributed by atoms with Gasteiger partial charge < -0.3 is 16.0 Å². The Labute approximate surface area is 195 Å². The molecule has 0 bridgehead atoms. The predicted molar refractivity (Wildman–Crippen MR) is 132 cm³/mol. The van der Waals surface area contributed by atoms with Crippen molar-refractivity contribution in [2.45, 2.75) is 0 Å². The summed E-state index contributed by atoms with van der Waals surface area (Å²) in [5.41, 5.74) is 2.88. The van der Waals surface area contributed by atoms with Crippen molar-refractivity contribution in [2.24, 2.45) is 0 Å². The lowest BCUT2D eigenvalue weighted by Crippen LogP contribution is -2.18. The molecule has 3 N–H and O–H groups in total. The van der Waals surface area contributed by atoms with Crippen molar-refractivity contribution in [2.75, 3.05) is 16.0 Å². The number of nitro groups is 1. The zero-order valence-electron chi connectivity index (χ0n) is 17.9. The van der Waals surface area contributed by atoms with Crippen LogP contribution in [0.15, 0.2) is 103 Å². The molecule has 8 heteroatoms. The third-order valence-electron chi connectivity index (χ3n) is 4.94. The Morgan fingerprint density at radius 3 is 2.03 bits per heavy atom. The first kappa shape index (κ1) is 22.2. The minimum atomic E-state index is -0.571. The summed E-state index contributed by atoms with van der Waals surface area (Å²) in [7, 11) is 0. The van der Waals surface area contributed by atoms with Crippen molar-refractivity contribution in [1.29, 1.82) is 0 Å². The highest BCUT2D eigenvalue weighted by Gasteiger charge is 2.16. The van der Waals surface area contributed by atoms with Gasteiger partial charge in [0.15, 0.2) is 0 Å². The highest BCUT2D eigenvalue weighted by atomic mass is 16.6. The van der Waals surface area contributed by atoms with E-state index in [1.807, 2.05) is 42.5 Å². The fraction of sp³-hybridized carbons (Fsp3) is 0. The van der Waals surface area contributed by atoms with Gasteiger partial charge in [0.2, 0.25) is 0 Å². The normalized spacial score (nSPS) is 10.2. The summed E-state index contributed by atoms with van der Waals surface area (Å²) in [6.07, 6.45) is 0. The summed E-state index contributed by atoms with van der Waals surface area (Å²) in [5.74, 6) is -0.959. The van der Waals surface area contributed by atoms with Crippen LogP contribution in [0, 0.1) is 10.1 Å². The lowest BCUT2D eigenvalue weighted by molar-refractivity contribution is -0.384. The number of hydrogen-bond donors (Lipinski definition) is 3. The molecular formula is C26H20N4O4. The zero-order valence-corrected chi connectivity index (χ0v) is 17.9. The van der Waals surface area contributed by atoms with Gasteiger partial charge in [0, 0.05) is 34.8 Å². The Morgan fingerprint density at radius 1 is 0.647 bits per heavy atom. The summed E-state index contributed by atoms with van der Waals surface area (Å²) in [5, 5.41) is 19.7. The largest absolute Gasteiger partial charge is 0.356 e. The quantitative estimate of drug-likeness (QED) is 0.241. The van der Waals surface area contributed by atoms with Crippen LogP contribution < -0.4 is 16.0 Å². The number of nitrogens with one attached hydrogen (secondary N) is 3. The van der Waals surface area contributed by atoms with Crippen LogP contribution in [-0.2, 0) is 0 Å². The molecule has 4 rings (SSSR count). The van der Waals surface area contributed by atoms with Crippen LogP contribution in [0.1, 0.15) is 20.7 Å². The molecule has 4 aromatic rings. The Hall–Kier alpha value is -4.98. The molecule has 0 saturated heterocycles. The van der Waals surface area contributed by atoms with Crippen molar-refractivity contribution in [1.82, 2.24) is 0 Å². The molecule has 0 heterocycles. The minimum Gasteiger partial charge on any atom is -0.356 e. The molecule has 2 amide bonds. The molecule has 0 radical (unpaired) electrons. The molecule has 0 saturated carbocycles. The van der Waals surface area contributed by atoms with E-state index in [9.17, 15) is 19.7 Å². The average Bonchev–Trinajstić information content (AvgIpc) is 2.86. The van der Waals surface area contributed by atoms with Gasteiger partial charge in [0.1, 0.15) is 0 Å². The van der Waals surface area contributed by atoms with Crippen molar-refractivity contribution >= 4 is 40.3 Å². The SMILES string of the molecule is O=C(Nc1ccccc1C(=O)Nc1ccc(Nc2ccccc2)cc1)c1cccc([N+](=O)[O-])c1. The number of carbonyl (C=O) groups excluding carboxylic acids is 2. The number of hydrogen-bond acceptors (Lipinski definition) is 5. The van der Waals surface area contributed by atoms with Gasteiger partial charge in [-0.3, -0.25) is 19.7 Å². The van der Waals surface area contributed by atoms with E-state index in [4.69, 9.17) is 0 Å². The summed E-state index contributed by atoms with van der Waals surface area (Å²) in [6, 6.07) is 28.9. The second-order valence-corrected chi connectivity index (χ2v) is 7.33. The van der Waals surface area contributed by atoms with Gasteiger partial charge in [-0.05, 0) is 54.6 Å². The summed E-state index contributed by atoms with van der Waals surface area (Å²) < 4.78 is 0. The molecule has 0 unspecified atom stereocenters. The summed E-state index contributed by atoms with van der Waals surface area (Å²) in [6.45, 7) is 0. The lowest BCUT2D eigenvalue weighted by atomic mass is 10.1. The molecule has 4 aromatic carbocycles. The number of para-hydroxylation sites is 2. The van der Waals surface area contributed by atoms with Crippen LogP contribution in [0.5, 0.6) is 0 Å². The van der Waals surface area contributed by atoms with E-state index in [0.29, 0.717) is 11.4 Å².